The maximum atomic E-state index is 5.90. The maximum absolute atomic E-state index is 5.90. The second kappa shape index (κ2) is 5.35. The predicted octanol–water partition coefficient (Wildman–Crippen LogP) is 6.40. The first kappa shape index (κ1) is 14.1. The van der Waals surface area contributed by atoms with Crippen molar-refractivity contribution >= 4 is 38.0 Å². The fourth-order valence-corrected chi connectivity index (χ4v) is 3.72. The fourth-order valence-electron chi connectivity index (χ4n) is 3.72. The Labute approximate surface area is 146 Å². The normalized spacial score (nSPS) is 11.4. The van der Waals surface area contributed by atoms with Gasteiger partial charge in [0.1, 0.15) is 0 Å². The first-order valence-corrected chi connectivity index (χ1v) is 8.50. The van der Waals surface area contributed by atoms with Crippen LogP contribution < -0.4 is 5.73 Å². The van der Waals surface area contributed by atoms with Crippen molar-refractivity contribution in [2.45, 2.75) is 0 Å². The van der Waals surface area contributed by atoms with Crippen LogP contribution >= 0.6 is 0 Å². The molecule has 0 unspecified atom stereocenters. The highest BCUT2D eigenvalue weighted by Gasteiger charge is 2.10. The van der Waals surface area contributed by atoms with E-state index in [1.807, 2.05) is 12.1 Å². The number of fused-ring (bicyclic) bond motifs is 3. The number of nitrogen functional groups attached to an aromatic ring is 1. The van der Waals surface area contributed by atoms with Gasteiger partial charge in [-0.2, -0.15) is 0 Å². The number of hydrogen-bond acceptors (Lipinski definition) is 1. The highest BCUT2D eigenvalue weighted by atomic mass is 14.5. The van der Waals surface area contributed by atoms with Crippen molar-refractivity contribution in [1.82, 2.24) is 0 Å². The molecule has 5 aromatic rings. The van der Waals surface area contributed by atoms with E-state index in [4.69, 9.17) is 5.73 Å². The van der Waals surface area contributed by atoms with Gasteiger partial charge in [-0.15, -0.1) is 0 Å². The van der Waals surface area contributed by atoms with Crippen molar-refractivity contribution in [3.8, 4) is 11.1 Å². The third-order valence-electron chi connectivity index (χ3n) is 4.93. The summed E-state index contributed by atoms with van der Waals surface area (Å²) in [6.45, 7) is 0. The summed E-state index contributed by atoms with van der Waals surface area (Å²) in [7, 11) is 0. The molecular weight excluding hydrogens is 302 g/mol. The van der Waals surface area contributed by atoms with E-state index in [0.29, 0.717) is 0 Å². The third-order valence-corrected chi connectivity index (χ3v) is 4.93. The summed E-state index contributed by atoms with van der Waals surface area (Å²) in [4.78, 5) is 0. The molecule has 0 spiro atoms. The molecule has 0 aliphatic rings. The topological polar surface area (TPSA) is 26.0 Å². The molecule has 25 heavy (non-hydrogen) atoms. The molecule has 0 saturated carbocycles. The highest BCUT2D eigenvalue weighted by Crippen LogP contribution is 2.38. The van der Waals surface area contributed by atoms with Crippen LogP contribution in [0, 0.1) is 0 Å². The van der Waals surface area contributed by atoms with Crippen LogP contribution in [0.2, 0.25) is 0 Å². The third kappa shape index (κ3) is 2.25. The number of anilines is 1. The van der Waals surface area contributed by atoms with Crippen LogP contribution in [0.5, 0.6) is 0 Å². The Kier molecular flexibility index (Phi) is 3.01. The van der Waals surface area contributed by atoms with Gasteiger partial charge in [0, 0.05) is 5.69 Å². The van der Waals surface area contributed by atoms with Crippen LogP contribution in [0.4, 0.5) is 5.69 Å². The Balaban J connectivity index is 1.99. The number of hydrogen-bond donors (Lipinski definition) is 1. The monoisotopic (exact) mass is 319 g/mol. The molecule has 0 bridgehead atoms. The molecular formula is C24H17N. The lowest BCUT2D eigenvalue weighted by Gasteiger charge is -2.13. The van der Waals surface area contributed by atoms with Crippen molar-refractivity contribution in [2.24, 2.45) is 0 Å². The quantitative estimate of drug-likeness (QED) is 0.281. The van der Waals surface area contributed by atoms with Crippen LogP contribution in [0.15, 0.2) is 91.0 Å². The molecule has 5 aromatic carbocycles. The van der Waals surface area contributed by atoms with E-state index in [1.165, 1.54) is 43.4 Å². The standard InChI is InChI=1S/C24H17N/c25-21-11-9-16(10-12-21)24-22-8-4-3-7-19(22)14-20-13-17-5-1-2-6-18(17)15-23(20)24/h1-15H,25H2. The minimum absolute atomic E-state index is 0.791. The minimum atomic E-state index is 0.791. The van der Waals surface area contributed by atoms with Gasteiger partial charge in [-0.3, -0.25) is 0 Å². The molecule has 0 radical (unpaired) electrons. The minimum Gasteiger partial charge on any atom is -0.399 e. The molecule has 1 nitrogen and oxygen atoms in total. The lowest BCUT2D eigenvalue weighted by Crippen LogP contribution is -1.88. The molecule has 0 aliphatic carbocycles. The van der Waals surface area contributed by atoms with Gasteiger partial charge in [0.2, 0.25) is 0 Å². The first-order valence-electron chi connectivity index (χ1n) is 8.50. The van der Waals surface area contributed by atoms with Crippen LogP contribution in [-0.2, 0) is 0 Å². The van der Waals surface area contributed by atoms with Gasteiger partial charge in [0.25, 0.3) is 0 Å². The second-order valence-electron chi connectivity index (χ2n) is 6.52. The summed E-state index contributed by atoms with van der Waals surface area (Å²) in [6, 6.07) is 32.2. The van der Waals surface area contributed by atoms with Crippen molar-refractivity contribution in [1.29, 1.82) is 0 Å². The Bertz CT molecular complexity index is 1230. The summed E-state index contributed by atoms with van der Waals surface area (Å²) in [5.41, 5.74) is 9.17. The van der Waals surface area contributed by atoms with Gasteiger partial charge in [0.15, 0.2) is 0 Å². The van der Waals surface area contributed by atoms with E-state index < -0.39 is 0 Å². The molecule has 1 heteroatoms. The van der Waals surface area contributed by atoms with E-state index in [9.17, 15) is 0 Å². The van der Waals surface area contributed by atoms with E-state index in [-0.39, 0.29) is 0 Å². The van der Waals surface area contributed by atoms with Gasteiger partial charge < -0.3 is 5.73 Å². The predicted molar refractivity (Wildman–Crippen MR) is 109 cm³/mol. The molecule has 0 saturated heterocycles. The average molecular weight is 319 g/mol. The Morgan fingerprint density at radius 1 is 0.480 bits per heavy atom. The van der Waals surface area contributed by atoms with E-state index in [1.54, 1.807) is 0 Å². The molecule has 0 aliphatic heterocycles. The molecule has 0 amide bonds. The van der Waals surface area contributed by atoms with Gasteiger partial charge in [-0.05, 0) is 73.8 Å². The van der Waals surface area contributed by atoms with Crippen LogP contribution in [-0.4, -0.2) is 0 Å². The van der Waals surface area contributed by atoms with Crippen molar-refractivity contribution in [3.63, 3.8) is 0 Å². The van der Waals surface area contributed by atoms with Crippen LogP contribution in [0.1, 0.15) is 0 Å². The summed E-state index contributed by atoms with van der Waals surface area (Å²) in [5.74, 6) is 0. The Morgan fingerprint density at radius 2 is 1.08 bits per heavy atom. The smallest absolute Gasteiger partial charge is 0.0314 e. The van der Waals surface area contributed by atoms with Crippen molar-refractivity contribution < 1.29 is 0 Å². The Morgan fingerprint density at radius 3 is 1.84 bits per heavy atom. The zero-order chi connectivity index (χ0) is 16.8. The lowest BCUT2D eigenvalue weighted by atomic mass is 9.90. The van der Waals surface area contributed by atoms with Crippen LogP contribution in [0.3, 0.4) is 0 Å². The van der Waals surface area contributed by atoms with Crippen molar-refractivity contribution in [2.75, 3.05) is 5.73 Å². The van der Waals surface area contributed by atoms with Gasteiger partial charge in [0.05, 0.1) is 0 Å². The zero-order valence-corrected chi connectivity index (χ0v) is 13.7. The maximum Gasteiger partial charge on any atom is 0.0314 e. The summed E-state index contributed by atoms with van der Waals surface area (Å²) in [6.07, 6.45) is 0. The van der Waals surface area contributed by atoms with Gasteiger partial charge in [-0.25, -0.2) is 0 Å². The largest absolute Gasteiger partial charge is 0.399 e. The van der Waals surface area contributed by atoms with E-state index in [2.05, 4.69) is 78.9 Å². The van der Waals surface area contributed by atoms with E-state index >= 15 is 0 Å². The molecule has 0 atom stereocenters. The molecule has 0 aromatic heterocycles. The van der Waals surface area contributed by atoms with E-state index in [0.717, 1.165) is 5.69 Å². The molecule has 0 fully saturated rings. The second-order valence-corrected chi connectivity index (χ2v) is 6.52. The molecule has 5 rings (SSSR count). The molecule has 118 valence electrons. The molecule has 0 heterocycles. The van der Waals surface area contributed by atoms with Gasteiger partial charge >= 0.3 is 0 Å². The first-order chi connectivity index (χ1) is 12.3. The summed E-state index contributed by atoms with van der Waals surface area (Å²) < 4.78 is 0. The lowest BCUT2D eigenvalue weighted by molar-refractivity contribution is 1.66. The SMILES string of the molecule is Nc1ccc(-c2c3ccccc3cc3cc4ccccc4cc23)cc1. The zero-order valence-electron chi connectivity index (χ0n) is 13.7. The number of nitrogens with two attached hydrogens (primary N) is 1. The van der Waals surface area contributed by atoms with Gasteiger partial charge in [-0.1, -0.05) is 60.7 Å². The highest BCUT2D eigenvalue weighted by molar-refractivity contribution is 6.15. The Hall–Kier alpha value is -3.32. The average Bonchev–Trinajstić information content (AvgIpc) is 2.65. The fraction of sp³-hybridized carbons (Fsp3) is 0. The van der Waals surface area contributed by atoms with Crippen molar-refractivity contribution in [3.05, 3.63) is 91.0 Å². The number of rotatable bonds is 1. The van der Waals surface area contributed by atoms with Crippen LogP contribution in [0.25, 0.3) is 43.4 Å². The summed E-state index contributed by atoms with van der Waals surface area (Å²) in [5, 5.41) is 7.62. The summed E-state index contributed by atoms with van der Waals surface area (Å²) >= 11 is 0. The number of benzene rings is 5. The molecule has 2 N–H and O–H groups in total.